The highest BCUT2D eigenvalue weighted by Crippen LogP contribution is 2.49. The van der Waals surface area contributed by atoms with E-state index in [1.54, 1.807) is 0 Å². The third kappa shape index (κ3) is 13.5. The van der Waals surface area contributed by atoms with Crippen LogP contribution in [0.3, 0.4) is 0 Å². The van der Waals surface area contributed by atoms with E-state index in [4.69, 9.17) is 18.4 Å². The normalized spacial score (nSPS) is 22.2. The molecule has 5 nitrogen and oxygen atoms in total. The van der Waals surface area contributed by atoms with E-state index in [0.717, 1.165) is 44.9 Å². The fraction of sp³-hybridized carbons (Fsp3) is 0.780. The van der Waals surface area contributed by atoms with Gasteiger partial charge in [0.25, 0.3) is 0 Å². The first-order chi connectivity index (χ1) is 22.3. The smallest absolute Gasteiger partial charge is 0.303 e. The summed E-state index contributed by atoms with van der Waals surface area (Å²) >= 11 is 0. The van der Waals surface area contributed by atoms with E-state index in [1.165, 1.54) is 5.56 Å². The van der Waals surface area contributed by atoms with E-state index in [2.05, 4.69) is 144 Å². The first-order valence-corrected chi connectivity index (χ1v) is 27.9. The average Bonchev–Trinajstić information content (AvgIpc) is 3.24. The van der Waals surface area contributed by atoms with Crippen molar-refractivity contribution < 1.29 is 23.2 Å². The molecule has 0 spiro atoms. The molecule has 0 bridgehead atoms. The van der Waals surface area contributed by atoms with Gasteiger partial charge in [-0.05, 0) is 123 Å². The number of unbranched alkanes of at least 4 members (excludes halogenated alkanes) is 1. The third-order valence-electron chi connectivity index (χ3n) is 12.5. The van der Waals surface area contributed by atoms with Gasteiger partial charge in [0.15, 0.2) is 25.0 Å². The SMILES string of the molecule is CC(C)(C)[Si](C)(C)O[C@H](CCc1ccccc1)CC[C@@H]1[C@@H](C/C=C\CCCC(=O)O)[C@@H](O[Si](C)(C)C(C)(C)C)C[C@H]1O[Si](C)(C)C(C)(C)C. The van der Waals surface area contributed by atoms with E-state index >= 15 is 0 Å². The number of carbonyl (C=O) groups is 1. The molecule has 0 heterocycles. The van der Waals surface area contributed by atoms with Gasteiger partial charge in [-0.2, -0.15) is 0 Å². The number of aryl methyl sites for hydroxylation is 1. The summed E-state index contributed by atoms with van der Waals surface area (Å²) in [5.74, 6) is -0.00323. The summed E-state index contributed by atoms with van der Waals surface area (Å²) in [6, 6.07) is 10.9. The summed E-state index contributed by atoms with van der Waals surface area (Å²) in [5, 5.41) is 9.53. The van der Waals surface area contributed by atoms with Crippen molar-refractivity contribution in [2.45, 2.75) is 193 Å². The zero-order chi connectivity index (χ0) is 37.5. The number of rotatable bonds is 18. The molecule has 0 amide bonds. The summed E-state index contributed by atoms with van der Waals surface area (Å²) in [6.45, 7) is 35.4. The van der Waals surface area contributed by atoms with Crippen LogP contribution in [0.2, 0.25) is 54.4 Å². The number of hydrogen-bond donors (Lipinski definition) is 1. The number of hydrogen-bond acceptors (Lipinski definition) is 4. The minimum absolute atomic E-state index is 0.123. The van der Waals surface area contributed by atoms with Gasteiger partial charge in [-0.3, -0.25) is 4.79 Å². The lowest BCUT2D eigenvalue weighted by atomic mass is 9.85. The Balaban J connectivity index is 2.49. The van der Waals surface area contributed by atoms with Crippen molar-refractivity contribution in [3.8, 4) is 0 Å². The molecule has 0 unspecified atom stereocenters. The van der Waals surface area contributed by atoms with Crippen molar-refractivity contribution in [2.24, 2.45) is 11.8 Å². The van der Waals surface area contributed by atoms with Gasteiger partial charge in [-0.15, -0.1) is 0 Å². The Hall–Kier alpha value is -1.04. The van der Waals surface area contributed by atoms with Crippen LogP contribution in [0.25, 0.3) is 0 Å². The Morgan fingerprint density at radius 2 is 1.29 bits per heavy atom. The summed E-state index contributed by atoms with van der Waals surface area (Å²) in [5.41, 5.74) is 1.38. The Morgan fingerprint density at radius 3 is 1.78 bits per heavy atom. The highest BCUT2D eigenvalue weighted by Gasteiger charge is 2.51. The maximum Gasteiger partial charge on any atom is 0.303 e. The molecule has 282 valence electrons. The van der Waals surface area contributed by atoms with Gasteiger partial charge in [0.1, 0.15) is 0 Å². The lowest BCUT2D eigenvalue weighted by Crippen LogP contribution is -2.45. The standard InChI is InChI=1S/C41H76O5Si3/c1-39(2,3)47(10,11)44-33(28-27-32-23-19-18-20-24-32)29-30-35-34(25-21-16-17-22-26-38(42)43)36(45-48(12,13)40(4,5)6)31-37(35)46-49(14,15)41(7,8)9/h16,18-21,23-24,33-37H,17,22,25-31H2,1-15H3,(H,42,43)/b21-16-/t33-,34-,35-,36+,37-/m1/s1. The number of benzene rings is 1. The Bertz CT molecular complexity index is 1170. The van der Waals surface area contributed by atoms with Gasteiger partial charge < -0.3 is 18.4 Å². The van der Waals surface area contributed by atoms with Crippen molar-refractivity contribution >= 4 is 30.9 Å². The first-order valence-electron chi connectivity index (χ1n) is 19.2. The van der Waals surface area contributed by atoms with Gasteiger partial charge in [-0.25, -0.2) is 0 Å². The summed E-state index contributed by atoms with van der Waals surface area (Å²) in [6.07, 6.45) is 12.7. The monoisotopic (exact) mass is 733 g/mol. The number of allylic oxidation sites excluding steroid dienone is 2. The van der Waals surface area contributed by atoms with Gasteiger partial charge >= 0.3 is 5.97 Å². The largest absolute Gasteiger partial charge is 0.481 e. The molecule has 1 aromatic carbocycles. The lowest BCUT2D eigenvalue weighted by molar-refractivity contribution is -0.137. The molecule has 1 saturated carbocycles. The highest BCUT2D eigenvalue weighted by atomic mass is 28.4. The second kappa shape index (κ2) is 17.7. The molecular weight excluding hydrogens is 657 g/mol. The highest BCUT2D eigenvalue weighted by molar-refractivity contribution is 6.75. The van der Waals surface area contributed by atoms with E-state index in [9.17, 15) is 4.79 Å². The molecular formula is C41H76O5Si3. The van der Waals surface area contributed by atoms with Crippen LogP contribution in [0.15, 0.2) is 42.5 Å². The van der Waals surface area contributed by atoms with Gasteiger partial charge in [-0.1, -0.05) is 105 Å². The molecule has 49 heavy (non-hydrogen) atoms. The second-order valence-corrected chi connectivity index (χ2v) is 33.8. The maximum absolute atomic E-state index is 11.1. The zero-order valence-electron chi connectivity index (χ0n) is 34.4. The van der Waals surface area contributed by atoms with Crippen LogP contribution in [0.4, 0.5) is 0 Å². The second-order valence-electron chi connectivity index (χ2n) is 19.5. The summed E-state index contributed by atoms with van der Waals surface area (Å²) in [4.78, 5) is 11.1. The molecule has 0 radical (unpaired) electrons. The van der Waals surface area contributed by atoms with Gasteiger partial charge in [0.2, 0.25) is 0 Å². The minimum atomic E-state index is -2.05. The van der Waals surface area contributed by atoms with Crippen molar-refractivity contribution in [3.05, 3.63) is 48.0 Å². The van der Waals surface area contributed by atoms with Crippen LogP contribution in [0.5, 0.6) is 0 Å². The van der Waals surface area contributed by atoms with Crippen LogP contribution in [-0.2, 0) is 24.5 Å². The molecule has 1 aliphatic rings. The fourth-order valence-electron chi connectivity index (χ4n) is 6.19. The molecule has 1 N–H and O–H groups in total. The lowest BCUT2D eigenvalue weighted by Gasteiger charge is -2.41. The minimum Gasteiger partial charge on any atom is -0.481 e. The van der Waals surface area contributed by atoms with E-state index in [0.29, 0.717) is 18.3 Å². The van der Waals surface area contributed by atoms with Crippen LogP contribution < -0.4 is 0 Å². The summed E-state index contributed by atoms with van der Waals surface area (Å²) < 4.78 is 21.9. The van der Waals surface area contributed by atoms with Crippen molar-refractivity contribution in [2.75, 3.05) is 0 Å². The predicted molar refractivity (Wildman–Crippen MR) is 217 cm³/mol. The Labute approximate surface area is 305 Å². The Morgan fingerprint density at radius 1 is 0.776 bits per heavy atom. The number of carboxylic acids is 1. The van der Waals surface area contributed by atoms with Crippen LogP contribution in [0, 0.1) is 11.8 Å². The first kappa shape index (κ1) is 44.1. The maximum atomic E-state index is 11.1. The molecule has 0 saturated heterocycles. The van der Waals surface area contributed by atoms with E-state index in [-0.39, 0.29) is 39.8 Å². The van der Waals surface area contributed by atoms with Crippen molar-refractivity contribution in [3.63, 3.8) is 0 Å². The van der Waals surface area contributed by atoms with Crippen molar-refractivity contribution in [1.82, 2.24) is 0 Å². The summed E-state index contributed by atoms with van der Waals surface area (Å²) in [7, 11) is -6.07. The number of carboxylic acid groups (broad SMARTS) is 1. The molecule has 8 heteroatoms. The molecule has 1 aliphatic carbocycles. The molecule has 5 atom stereocenters. The van der Waals surface area contributed by atoms with E-state index < -0.39 is 30.9 Å². The van der Waals surface area contributed by atoms with Crippen molar-refractivity contribution in [1.29, 1.82) is 0 Å². The molecule has 0 aromatic heterocycles. The molecule has 2 rings (SSSR count). The topological polar surface area (TPSA) is 65.0 Å². The average molecular weight is 733 g/mol. The van der Waals surface area contributed by atoms with Crippen LogP contribution >= 0.6 is 0 Å². The zero-order valence-corrected chi connectivity index (χ0v) is 37.4. The Kier molecular flexibility index (Phi) is 15.9. The molecule has 0 aliphatic heterocycles. The van der Waals surface area contributed by atoms with Crippen LogP contribution in [0.1, 0.15) is 119 Å². The van der Waals surface area contributed by atoms with Gasteiger partial charge in [0, 0.05) is 12.5 Å². The molecule has 1 aromatic rings. The van der Waals surface area contributed by atoms with Gasteiger partial charge in [0.05, 0.1) is 12.2 Å². The third-order valence-corrected chi connectivity index (χ3v) is 26.0. The predicted octanol–water partition coefficient (Wildman–Crippen LogP) is 12.4. The quantitative estimate of drug-likeness (QED) is 0.0925. The molecule has 1 fully saturated rings. The number of aliphatic carboxylic acids is 1. The van der Waals surface area contributed by atoms with Crippen LogP contribution in [-0.4, -0.2) is 54.3 Å². The fourth-order valence-corrected chi connectivity index (χ4v) is 10.4. The van der Waals surface area contributed by atoms with E-state index in [1.807, 2.05) is 0 Å².